The van der Waals surface area contributed by atoms with Crippen LogP contribution in [-0.2, 0) is 14.8 Å². The van der Waals surface area contributed by atoms with E-state index in [0.29, 0.717) is 0 Å². The van der Waals surface area contributed by atoms with Crippen molar-refractivity contribution in [2.24, 2.45) is 0 Å². The number of hydrogen-bond donors (Lipinski definition) is 3. The van der Waals surface area contributed by atoms with Gasteiger partial charge in [0.25, 0.3) is 0 Å². The molecule has 7 nitrogen and oxygen atoms in total. The van der Waals surface area contributed by atoms with E-state index < -0.39 is 27.5 Å². The number of hydrogen-bond acceptors (Lipinski definition) is 5. The molecule has 0 bridgehead atoms. The molecule has 1 amide bonds. The SMILES string of the molecule is Cc1c(N)cc(S(=O)(=O)NCCNC(=O)OC(C)(C)C)cc1F. The molecular weight excluding hydrogens is 325 g/mol. The van der Waals surface area contributed by atoms with Crippen LogP contribution in [0.25, 0.3) is 0 Å². The van der Waals surface area contributed by atoms with Crippen LogP contribution in [0.4, 0.5) is 14.9 Å². The zero-order valence-corrected chi connectivity index (χ0v) is 14.4. The summed E-state index contributed by atoms with van der Waals surface area (Å²) in [5.74, 6) is -0.697. The lowest BCUT2D eigenvalue weighted by atomic mass is 10.2. The summed E-state index contributed by atoms with van der Waals surface area (Å²) < 4.78 is 44.9. The smallest absolute Gasteiger partial charge is 0.407 e. The average Bonchev–Trinajstić information content (AvgIpc) is 2.38. The van der Waals surface area contributed by atoms with Crippen LogP contribution in [-0.4, -0.2) is 33.2 Å². The second-order valence-electron chi connectivity index (χ2n) is 5.95. The third-order valence-corrected chi connectivity index (χ3v) is 4.19. The van der Waals surface area contributed by atoms with Gasteiger partial charge >= 0.3 is 6.09 Å². The van der Waals surface area contributed by atoms with Gasteiger partial charge in [0, 0.05) is 24.3 Å². The Hall–Kier alpha value is -1.87. The van der Waals surface area contributed by atoms with Crippen LogP contribution in [0.3, 0.4) is 0 Å². The van der Waals surface area contributed by atoms with Gasteiger partial charge in [-0.1, -0.05) is 0 Å². The van der Waals surface area contributed by atoms with E-state index in [1.165, 1.54) is 13.0 Å². The fraction of sp³-hybridized carbons (Fsp3) is 0.500. The van der Waals surface area contributed by atoms with Gasteiger partial charge in [0.2, 0.25) is 10.0 Å². The number of nitrogens with two attached hydrogens (primary N) is 1. The molecule has 0 aliphatic heterocycles. The van der Waals surface area contributed by atoms with Crippen LogP contribution in [0.1, 0.15) is 26.3 Å². The van der Waals surface area contributed by atoms with Crippen molar-refractivity contribution in [3.63, 3.8) is 0 Å². The molecule has 1 aromatic rings. The number of carbonyl (C=O) groups is 1. The normalized spacial score (nSPS) is 12.0. The number of sulfonamides is 1. The van der Waals surface area contributed by atoms with E-state index >= 15 is 0 Å². The second-order valence-corrected chi connectivity index (χ2v) is 7.71. The molecule has 0 spiro atoms. The summed E-state index contributed by atoms with van der Waals surface area (Å²) in [7, 11) is -3.92. The Bertz CT molecular complexity index is 661. The minimum absolute atomic E-state index is 0.0258. The molecule has 0 unspecified atom stereocenters. The van der Waals surface area contributed by atoms with Crippen molar-refractivity contribution in [2.45, 2.75) is 38.2 Å². The molecule has 0 radical (unpaired) electrons. The lowest BCUT2D eigenvalue weighted by molar-refractivity contribution is 0.0529. The van der Waals surface area contributed by atoms with Crippen LogP contribution in [0.2, 0.25) is 0 Å². The number of carbonyl (C=O) groups excluding carboxylic acids is 1. The summed E-state index contributed by atoms with van der Waals surface area (Å²) in [4.78, 5) is 11.1. The highest BCUT2D eigenvalue weighted by Gasteiger charge is 2.18. The van der Waals surface area contributed by atoms with Gasteiger partial charge in [-0.2, -0.15) is 0 Å². The topological polar surface area (TPSA) is 111 Å². The summed E-state index contributed by atoms with van der Waals surface area (Å²) in [6, 6.07) is 2.08. The third kappa shape index (κ3) is 6.03. The lowest BCUT2D eigenvalue weighted by Crippen LogP contribution is -2.37. The zero-order chi connectivity index (χ0) is 17.8. The molecule has 0 heterocycles. The lowest BCUT2D eigenvalue weighted by Gasteiger charge is -2.19. The van der Waals surface area contributed by atoms with E-state index in [1.54, 1.807) is 20.8 Å². The fourth-order valence-electron chi connectivity index (χ4n) is 1.58. The number of nitrogen functional groups attached to an aromatic ring is 1. The molecule has 0 atom stereocenters. The highest BCUT2D eigenvalue weighted by molar-refractivity contribution is 7.89. The number of amides is 1. The first-order valence-corrected chi connectivity index (χ1v) is 8.43. The Morgan fingerprint density at radius 2 is 1.91 bits per heavy atom. The van der Waals surface area contributed by atoms with E-state index in [9.17, 15) is 17.6 Å². The van der Waals surface area contributed by atoms with Gasteiger partial charge in [-0.25, -0.2) is 22.3 Å². The first-order chi connectivity index (χ1) is 10.4. The van der Waals surface area contributed by atoms with E-state index in [4.69, 9.17) is 10.5 Å². The molecule has 23 heavy (non-hydrogen) atoms. The second kappa shape index (κ2) is 7.14. The quantitative estimate of drug-likeness (QED) is 0.552. The van der Waals surface area contributed by atoms with E-state index in [2.05, 4.69) is 10.0 Å². The van der Waals surface area contributed by atoms with Gasteiger partial charge in [0.05, 0.1) is 4.90 Å². The summed E-state index contributed by atoms with van der Waals surface area (Å²) in [6.07, 6.45) is -0.651. The molecule has 9 heteroatoms. The van der Waals surface area contributed by atoms with Gasteiger partial charge in [0.15, 0.2) is 0 Å². The van der Waals surface area contributed by atoms with Crippen molar-refractivity contribution >= 4 is 21.8 Å². The van der Waals surface area contributed by atoms with Gasteiger partial charge in [-0.05, 0) is 39.8 Å². The predicted octanol–water partition coefficient (Wildman–Crippen LogP) is 1.52. The molecule has 130 valence electrons. The Labute approximate surface area is 135 Å². The molecule has 1 rings (SSSR count). The van der Waals surface area contributed by atoms with E-state index in [-0.39, 0.29) is 29.2 Å². The molecule has 0 aliphatic rings. The number of rotatable bonds is 5. The Morgan fingerprint density at radius 3 is 2.43 bits per heavy atom. The number of nitrogens with one attached hydrogen (secondary N) is 2. The molecule has 1 aromatic carbocycles. The fourth-order valence-corrected chi connectivity index (χ4v) is 2.66. The number of alkyl carbamates (subject to hydrolysis) is 1. The van der Waals surface area contributed by atoms with Crippen LogP contribution >= 0.6 is 0 Å². The highest BCUT2D eigenvalue weighted by atomic mass is 32.2. The summed E-state index contributed by atoms with van der Waals surface area (Å²) in [5.41, 5.74) is 5.17. The third-order valence-electron chi connectivity index (χ3n) is 2.75. The summed E-state index contributed by atoms with van der Waals surface area (Å²) in [5, 5.41) is 2.41. The van der Waals surface area contributed by atoms with E-state index in [0.717, 1.165) is 6.07 Å². The molecule has 0 aromatic heterocycles. The first-order valence-electron chi connectivity index (χ1n) is 6.94. The van der Waals surface area contributed by atoms with Crippen molar-refractivity contribution in [1.29, 1.82) is 0 Å². The average molecular weight is 347 g/mol. The predicted molar refractivity (Wildman–Crippen MR) is 85.0 cm³/mol. The Balaban J connectivity index is 2.59. The summed E-state index contributed by atoms with van der Waals surface area (Å²) in [6.45, 7) is 6.55. The largest absolute Gasteiger partial charge is 0.444 e. The van der Waals surface area contributed by atoms with Gasteiger partial charge in [-0.3, -0.25) is 0 Å². The van der Waals surface area contributed by atoms with Crippen molar-refractivity contribution in [3.05, 3.63) is 23.5 Å². The van der Waals surface area contributed by atoms with Gasteiger partial charge in [0.1, 0.15) is 11.4 Å². The van der Waals surface area contributed by atoms with Crippen molar-refractivity contribution in [1.82, 2.24) is 10.0 Å². The number of halogens is 1. The first kappa shape index (κ1) is 19.2. The van der Waals surface area contributed by atoms with E-state index in [1.807, 2.05) is 0 Å². The van der Waals surface area contributed by atoms with Crippen LogP contribution in [0, 0.1) is 12.7 Å². The maximum absolute atomic E-state index is 13.6. The minimum atomic E-state index is -3.92. The van der Waals surface area contributed by atoms with Gasteiger partial charge < -0.3 is 15.8 Å². The van der Waals surface area contributed by atoms with Crippen molar-refractivity contribution < 1.29 is 22.3 Å². The molecule has 0 fully saturated rings. The standard InChI is InChI=1S/C14H22FN3O4S/c1-9-11(15)7-10(8-12(9)16)23(20,21)18-6-5-17-13(19)22-14(2,3)4/h7-8,18H,5-6,16H2,1-4H3,(H,17,19). The zero-order valence-electron chi connectivity index (χ0n) is 13.6. The van der Waals surface area contributed by atoms with Crippen LogP contribution in [0.5, 0.6) is 0 Å². The van der Waals surface area contributed by atoms with Crippen molar-refractivity contribution in [3.8, 4) is 0 Å². The molecule has 0 saturated carbocycles. The number of anilines is 1. The van der Waals surface area contributed by atoms with Crippen molar-refractivity contribution in [2.75, 3.05) is 18.8 Å². The minimum Gasteiger partial charge on any atom is -0.444 e. The number of benzene rings is 1. The van der Waals surface area contributed by atoms with Gasteiger partial charge in [-0.15, -0.1) is 0 Å². The Kier molecular flexibility index (Phi) is 5.95. The van der Waals surface area contributed by atoms with Crippen LogP contribution in [0.15, 0.2) is 17.0 Å². The molecular formula is C14H22FN3O4S. The highest BCUT2D eigenvalue weighted by Crippen LogP contribution is 2.20. The molecule has 0 saturated heterocycles. The van der Waals surface area contributed by atoms with Crippen LogP contribution < -0.4 is 15.8 Å². The Morgan fingerprint density at radius 1 is 1.30 bits per heavy atom. The maximum Gasteiger partial charge on any atom is 0.407 e. The maximum atomic E-state index is 13.6. The number of ether oxygens (including phenoxy) is 1. The summed E-state index contributed by atoms with van der Waals surface area (Å²) >= 11 is 0. The molecule has 0 aliphatic carbocycles. The molecule has 4 N–H and O–H groups in total. The monoisotopic (exact) mass is 347 g/mol.